The number of aryl methyl sites for hydroxylation is 1. The Morgan fingerprint density at radius 1 is 1.44 bits per heavy atom. The quantitative estimate of drug-likeness (QED) is 0.859. The highest BCUT2D eigenvalue weighted by Gasteiger charge is 2.22. The fourth-order valence-electron chi connectivity index (χ4n) is 2.33. The third-order valence-corrected chi connectivity index (χ3v) is 3.20. The van der Waals surface area contributed by atoms with Gasteiger partial charge in [-0.1, -0.05) is 5.16 Å². The number of rotatable bonds is 2. The van der Waals surface area contributed by atoms with Crippen LogP contribution in [0.4, 0.5) is 0 Å². The number of hydrogen-bond donors (Lipinski definition) is 1. The number of nitrogens with zero attached hydrogens (tertiary/aromatic N) is 4. The van der Waals surface area contributed by atoms with Gasteiger partial charge in [-0.15, -0.1) is 0 Å². The molecule has 3 rings (SSSR count). The van der Waals surface area contributed by atoms with Crippen molar-refractivity contribution in [1.82, 2.24) is 25.4 Å². The van der Waals surface area contributed by atoms with E-state index < -0.39 is 0 Å². The maximum absolute atomic E-state index is 5.03. The van der Waals surface area contributed by atoms with E-state index in [4.69, 9.17) is 4.52 Å². The molecule has 3 heterocycles. The second-order valence-corrected chi connectivity index (χ2v) is 4.50. The fraction of sp³-hybridized carbons (Fsp3) is 0.500. The molecule has 0 bridgehead atoms. The molecule has 1 unspecified atom stereocenters. The molecule has 0 radical (unpaired) electrons. The van der Waals surface area contributed by atoms with Crippen molar-refractivity contribution in [2.75, 3.05) is 13.1 Å². The third kappa shape index (κ3) is 2.11. The van der Waals surface area contributed by atoms with E-state index in [1.165, 1.54) is 6.42 Å². The summed E-state index contributed by atoms with van der Waals surface area (Å²) in [5, 5.41) is 7.35. The molecular formula is C12H15N5O. The summed E-state index contributed by atoms with van der Waals surface area (Å²) in [6.45, 7) is 3.81. The van der Waals surface area contributed by atoms with E-state index in [2.05, 4.69) is 25.4 Å². The van der Waals surface area contributed by atoms with Gasteiger partial charge in [0, 0.05) is 25.6 Å². The molecule has 0 aromatic carbocycles. The third-order valence-electron chi connectivity index (χ3n) is 3.20. The molecule has 18 heavy (non-hydrogen) atoms. The van der Waals surface area contributed by atoms with Gasteiger partial charge in [-0.3, -0.25) is 0 Å². The lowest BCUT2D eigenvalue weighted by Gasteiger charge is -2.23. The van der Waals surface area contributed by atoms with Crippen LogP contribution in [0.5, 0.6) is 0 Å². The average molecular weight is 245 g/mol. The second-order valence-electron chi connectivity index (χ2n) is 4.50. The first kappa shape index (κ1) is 11.3. The highest BCUT2D eigenvalue weighted by Crippen LogP contribution is 2.28. The van der Waals surface area contributed by atoms with Crippen molar-refractivity contribution in [1.29, 1.82) is 0 Å². The molecule has 1 saturated heterocycles. The van der Waals surface area contributed by atoms with E-state index in [-0.39, 0.29) is 0 Å². The van der Waals surface area contributed by atoms with Gasteiger partial charge >= 0.3 is 0 Å². The lowest BCUT2D eigenvalue weighted by Crippen LogP contribution is -2.29. The van der Waals surface area contributed by atoms with Crippen LogP contribution in [-0.4, -0.2) is 33.2 Å². The summed E-state index contributed by atoms with van der Waals surface area (Å²) in [5.74, 6) is 1.53. The maximum atomic E-state index is 5.03. The minimum atomic E-state index is 0.399. The van der Waals surface area contributed by atoms with Gasteiger partial charge in [-0.05, 0) is 19.4 Å². The number of hydrogen-bond acceptors (Lipinski definition) is 6. The summed E-state index contributed by atoms with van der Waals surface area (Å²) >= 11 is 0. The van der Waals surface area contributed by atoms with Crippen molar-refractivity contribution in [3.63, 3.8) is 0 Å². The van der Waals surface area contributed by atoms with Gasteiger partial charge in [0.15, 0.2) is 0 Å². The normalized spacial score (nSPS) is 19.9. The Kier molecular flexibility index (Phi) is 3.02. The van der Waals surface area contributed by atoms with Crippen molar-refractivity contribution in [3.8, 4) is 11.4 Å². The number of nitrogens with one attached hydrogen (secondary N) is 1. The smallest absolute Gasteiger partial charge is 0.223 e. The molecule has 1 aliphatic heterocycles. The lowest BCUT2D eigenvalue weighted by molar-refractivity contribution is 0.394. The Bertz CT molecular complexity index is 533. The molecule has 6 heteroatoms. The van der Waals surface area contributed by atoms with Crippen molar-refractivity contribution in [2.24, 2.45) is 0 Å². The van der Waals surface area contributed by atoms with Crippen LogP contribution >= 0.6 is 0 Å². The Hall–Kier alpha value is -1.82. The zero-order valence-corrected chi connectivity index (χ0v) is 10.3. The van der Waals surface area contributed by atoms with Crippen LogP contribution in [0, 0.1) is 6.92 Å². The maximum Gasteiger partial charge on any atom is 0.223 e. The average Bonchev–Trinajstić information content (AvgIpc) is 2.86. The first-order valence-electron chi connectivity index (χ1n) is 6.16. The van der Waals surface area contributed by atoms with Gasteiger partial charge in [0.25, 0.3) is 0 Å². The van der Waals surface area contributed by atoms with Crippen molar-refractivity contribution >= 4 is 0 Å². The summed E-state index contributed by atoms with van der Waals surface area (Å²) in [7, 11) is 0. The molecule has 0 aliphatic carbocycles. The van der Waals surface area contributed by atoms with Gasteiger partial charge in [0.05, 0.1) is 11.3 Å². The monoisotopic (exact) mass is 245 g/mol. The molecule has 2 aromatic heterocycles. The van der Waals surface area contributed by atoms with Crippen molar-refractivity contribution in [2.45, 2.75) is 25.7 Å². The first-order valence-corrected chi connectivity index (χ1v) is 6.16. The van der Waals surface area contributed by atoms with Crippen LogP contribution < -0.4 is 5.32 Å². The minimum absolute atomic E-state index is 0.399. The summed E-state index contributed by atoms with van der Waals surface area (Å²) in [6.07, 6.45) is 5.65. The molecule has 1 aliphatic rings. The lowest BCUT2D eigenvalue weighted by atomic mass is 9.93. The Morgan fingerprint density at radius 3 is 3.11 bits per heavy atom. The summed E-state index contributed by atoms with van der Waals surface area (Å²) in [5.41, 5.74) is 1.89. The molecule has 1 atom stereocenters. The second kappa shape index (κ2) is 4.81. The van der Waals surface area contributed by atoms with Gasteiger partial charge in [-0.2, -0.15) is 4.98 Å². The van der Waals surface area contributed by atoms with E-state index in [1.807, 2.05) is 0 Å². The predicted octanol–water partition coefficient (Wildman–Crippen LogP) is 1.30. The van der Waals surface area contributed by atoms with E-state index in [1.54, 1.807) is 19.4 Å². The summed E-state index contributed by atoms with van der Waals surface area (Å²) in [6, 6.07) is 0. The SMILES string of the molecule is Cc1nc(-c2cncnc2C2CCCNC2)no1. The predicted molar refractivity (Wildman–Crippen MR) is 64.9 cm³/mol. The molecule has 1 fully saturated rings. The zero-order chi connectivity index (χ0) is 12.4. The van der Waals surface area contributed by atoms with Gasteiger partial charge in [0.2, 0.25) is 11.7 Å². The Labute approximate surface area is 105 Å². The number of piperidine rings is 1. The van der Waals surface area contributed by atoms with Crippen LogP contribution in [0.1, 0.15) is 30.3 Å². The van der Waals surface area contributed by atoms with Crippen molar-refractivity contribution < 1.29 is 4.52 Å². The zero-order valence-electron chi connectivity index (χ0n) is 10.3. The highest BCUT2D eigenvalue weighted by molar-refractivity contribution is 5.57. The van der Waals surface area contributed by atoms with Gasteiger partial charge < -0.3 is 9.84 Å². The largest absolute Gasteiger partial charge is 0.339 e. The minimum Gasteiger partial charge on any atom is -0.339 e. The van der Waals surface area contributed by atoms with Crippen molar-refractivity contribution in [3.05, 3.63) is 24.1 Å². The summed E-state index contributed by atoms with van der Waals surface area (Å²) < 4.78 is 5.03. The Balaban J connectivity index is 1.99. The molecule has 0 amide bonds. The van der Waals surface area contributed by atoms with E-state index in [0.717, 1.165) is 30.8 Å². The molecule has 0 saturated carbocycles. The van der Waals surface area contributed by atoms with Gasteiger partial charge in [0.1, 0.15) is 6.33 Å². The molecule has 2 aromatic rings. The topological polar surface area (TPSA) is 76.7 Å². The van der Waals surface area contributed by atoms with Crippen LogP contribution in [0.2, 0.25) is 0 Å². The molecule has 0 spiro atoms. The standard InChI is InChI=1S/C12H15N5O/c1-8-16-12(17-18-8)10-6-14-7-15-11(10)9-3-2-4-13-5-9/h6-7,9,13H,2-5H2,1H3. The van der Waals surface area contributed by atoms with E-state index >= 15 is 0 Å². The molecule has 94 valence electrons. The van der Waals surface area contributed by atoms with E-state index in [9.17, 15) is 0 Å². The molecule has 1 N–H and O–H groups in total. The van der Waals surface area contributed by atoms with Crippen LogP contribution in [-0.2, 0) is 0 Å². The summed E-state index contributed by atoms with van der Waals surface area (Å²) in [4.78, 5) is 12.7. The molecule has 6 nitrogen and oxygen atoms in total. The number of aromatic nitrogens is 4. The highest BCUT2D eigenvalue weighted by atomic mass is 16.5. The first-order chi connectivity index (χ1) is 8.84. The van der Waals surface area contributed by atoms with E-state index in [0.29, 0.717) is 17.6 Å². The van der Waals surface area contributed by atoms with Crippen LogP contribution in [0.3, 0.4) is 0 Å². The molecular weight excluding hydrogens is 230 g/mol. The van der Waals surface area contributed by atoms with Gasteiger partial charge in [-0.25, -0.2) is 9.97 Å². The Morgan fingerprint density at radius 2 is 2.39 bits per heavy atom. The van der Waals surface area contributed by atoms with Crippen LogP contribution in [0.15, 0.2) is 17.0 Å². The fourth-order valence-corrected chi connectivity index (χ4v) is 2.33. The van der Waals surface area contributed by atoms with Crippen LogP contribution in [0.25, 0.3) is 11.4 Å².